The summed E-state index contributed by atoms with van der Waals surface area (Å²) in [6.45, 7) is 1.69. The van der Waals surface area contributed by atoms with E-state index in [1.165, 1.54) is 43.6 Å². The summed E-state index contributed by atoms with van der Waals surface area (Å²) in [5.41, 5.74) is 0.391. The van der Waals surface area contributed by atoms with Crippen molar-refractivity contribution >= 4 is 37.6 Å². The minimum Gasteiger partial charge on any atom is -0.497 e. The molecule has 0 aliphatic carbocycles. The van der Waals surface area contributed by atoms with Crippen molar-refractivity contribution < 1.29 is 22.3 Å². The summed E-state index contributed by atoms with van der Waals surface area (Å²) in [5.74, 6) is -1.25. The molecule has 0 fully saturated rings. The molecule has 1 N–H and O–H groups in total. The Morgan fingerprint density at radius 3 is 2.72 bits per heavy atom. The molecule has 10 heteroatoms. The van der Waals surface area contributed by atoms with Crippen LogP contribution in [0.3, 0.4) is 0 Å². The number of nitrogens with one attached hydrogen (secondary N) is 1. The van der Waals surface area contributed by atoms with Crippen LogP contribution < -0.4 is 9.46 Å². The maximum Gasteiger partial charge on any atom is 0.283 e. The molecule has 0 atom stereocenters. The highest BCUT2D eigenvalue weighted by atomic mass is 79.9. The molecule has 3 rings (SSSR count). The van der Waals surface area contributed by atoms with Crippen LogP contribution in [-0.4, -0.2) is 32.1 Å². The Bertz CT molecular complexity index is 1190. The van der Waals surface area contributed by atoms with Gasteiger partial charge in [0.25, 0.3) is 15.9 Å². The molecule has 1 aliphatic heterocycles. The first-order valence-corrected chi connectivity index (χ1v) is 10.5. The zero-order valence-electron chi connectivity index (χ0n) is 15.3. The number of ether oxygens (including phenoxy) is 1. The summed E-state index contributed by atoms with van der Waals surface area (Å²) >= 11 is 3.15. The van der Waals surface area contributed by atoms with Gasteiger partial charge in [-0.25, -0.2) is 22.5 Å². The number of carbonyl (C=O) groups is 1. The Labute approximate surface area is 175 Å². The van der Waals surface area contributed by atoms with Crippen molar-refractivity contribution in [2.75, 3.05) is 7.11 Å². The fraction of sp³-hybridized carbons (Fsp3) is 0.105. The Kier molecular flexibility index (Phi) is 5.94. The molecule has 1 amide bonds. The van der Waals surface area contributed by atoms with Crippen molar-refractivity contribution in [3.63, 3.8) is 0 Å². The molecule has 0 spiro atoms. The molecule has 29 heavy (non-hydrogen) atoms. The van der Waals surface area contributed by atoms with Gasteiger partial charge in [-0.2, -0.15) is 0 Å². The second kappa shape index (κ2) is 8.26. The highest BCUT2D eigenvalue weighted by molar-refractivity contribution is 9.10. The first kappa shape index (κ1) is 20.9. The summed E-state index contributed by atoms with van der Waals surface area (Å²) in [4.78, 5) is 20.5. The van der Waals surface area contributed by atoms with Gasteiger partial charge >= 0.3 is 0 Å². The van der Waals surface area contributed by atoms with Crippen molar-refractivity contribution in [1.82, 2.24) is 9.71 Å². The molecule has 0 unspecified atom stereocenters. The zero-order valence-corrected chi connectivity index (χ0v) is 17.7. The number of hydrogen-bond acceptors (Lipinski definition) is 6. The Morgan fingerprint density at radius 2 is 2.07 bits per heavy atom. The molecule has 2 heterocycles. The van der Waals surface area contributed by atoms with Crippen LogP contribution in [0.5, 0.6) is 5.75 Å². The summed E-state index contributed by atoms with van der Waals surface area (Å²) in [7, 11) is -2.82. The minimum absolute atomic E-state index is 0.0296. The van der Waals surface area contributed by atoms with Gasteiger partial charge in [-0.3, -0.25) is 9.78 Å². The van der Waals surface area contributed by atoms with E-state index >= 15 is 0 Å². The smallest absolute Gasteiger partial charge is 0.283 e. The van der Waals surface area contributed by atoms with Gasteiger partial charge in [0.1, 0.15) is 22.0 Å². The van der Waals surface area contributed by atoms with E-state index in [1.54, 1.807) is 19.1 Å². The molecule has 150 valence electrons. The van der Waals surface area contributed by atoms with Crippen molar-refractivity contribution in [3.8, 4) is 5.75 Å². The number of hydrogen-bond donors (Lipinski definition) is 1. The number of amides is 1. The Hall–Kier alpha value is -2.85. The van der Waals surface area contributed by atoms with Crippen LogP contribution >= 0.6 is 15.9 Å². The van der Waals surface area contributed by atoms with Crippen LogP contribution in [0.2, 0.25) is 0 Å². The van der Waals surface area contributed by atoms with E-state index in [-0.39, 0.29) is 26.5 Å². The highest BCUT2D eigenvalue weighted by Crippen LogP contribution is 2.27. The van der Waals surface area contributed by atoms with Gasteiger partial charge in [0.05, 0.1) is 12.8 Å². The van der Waals surface area contributed by atoms with Gasteiger partial charge in [0.2, 0.25) is 0 Å². The number of methoxy groups -OCH3 is 1. The monoisotopic (exact) mass is 479 g/mol. The van der Waals surface area contributed by atoms with E-state index in [0.717, 1.165) is 0 Å². The molecule has 7 nitrogen and oxygen atoms in total. The fourth-order valence-electron chi connectivity index (χ4n) is 2.56. The number of pyridine rings is 1. The van der Waals surface area contributed by atoms with E-state index in [4.69, 9.17) is 4.74 Å². The van der Waals surface area contributed by atoms with Gasteiger partial charge in [-0.15, -0.1) is 0 Å². The van der Waals surface area contributed by atoms with Crippen LogP contribution in [0, 0.1) is 5.82 Å². The van der Waals surface area contributed by atoms with E-state index in [2.05, 4.69) is 25.9 Å². The number of aliphatic imine (C=N–C) groups is 1. The number of aromatic nitrogens is 1. The first-order chi connectivity index (χ1) is 13.8. The molecule has 1 aliphatic rings. The third-order valence-corrected chi connectivity index (χ3v) is 6.30. The molecule has 1 aromatic carbocycles. The number of nitrogens with zero attached hydrogens (tertiary/aromatic N) is 2. The molecule has 0 saturated carbocycles. The van der Waals surface area contributed by atoms with Crippen LogP contribution in [0.25, 0.3) is 0 Å². The zero-order chi connectivity index (χ0) is 21.2. The van der Waals surface area contributed by atoms with Crippen molar-refractivity contribution in [2.45, 2.75) is 11.8 Å². The lowest BCUT2D eigenvalue weighted by Crippen LogP contribution is -2.31. The van der Waals surface area contributed by atoms with Gasteiger partial charge < -0.3 is 4.74 Å². The molecule has 2 aromatic rings. The predicted molar refractivity (Wildman–Crippen MR) is 109 cm³/mol. The van der Waals surface area contributed by atoms with Gasteiger partial charge in [-0.05, 0) is 53.2 Å². The van der Waals surface area contributed by atoms with Gasteiger partial charge in [-0.1, -0.05) is 6.08 Å². The van der Waals surface area contributed by atoms with E-state index < -0.39 is 21.7 Å². The molecule has 1 aromatic heterocycles. The van der Waals surface area contributed by atoms with Crippen LogP contribution in [0.1, 0.15) is 12.6 Å². The highest BCUT2D eigenvalue weighted by Gasteiger charge is 2.27. The Morgan fingerprint density at radius 1 is 1.31 bits per heavy atom. The van der Waals surface area contributed by atoms with Gasteiger partial charge in [0.15, 0.2) is 5.82 Å². The lowest BCUT2D eigenvalue weighted by molar-refractivity contribution is -0.115. The molecular formula is C19H15BrFN3O4S. The van der Waals surface area contributed by atoms with Crippen molar-refractivity contribution in [2.24, 2.45) is 4.99 Å². The van der Waals surface area contributed by atoms with Crippen molar-refractivity contribution in [1.29, 1.82) is 0 Å². The number of allylic oxidation sites excluding steroid dienone is 3. The van der Waals surface area contributed by atoms with E-state index in [1.807, 2.05) is 4.72 Å². The SMILES string of the molecule is C/C=C1\C=C(C(=O)NS(=O)(=O)c2cc(OC)ccc2Br)N=C1c1ncccc1F. The maximum atomic E-state index is 14.1. The summed E-state index contributed by atoms with van der Waals surface area (Å²) < 4.78 is 46.7. The normalized spacial score (nSPS) is 15.1. The van der Waals surface area contributed by atoms with Gasteiger partial charge in [0, 0.05) is 22.3 Å². The maximum absolute atomic E-state index is 14.1. The average Bonchev–Trinajstić information content (AvgIpc) is 3.12. The molecular weight excluding hydrogens is 465 g/mol. The number of benzene rings is 1. The fourth-order valence-corrected chi connectivity index (χ4v) is 4.51. The van der Waals surface area contributed by atoms with Crippen LogP contribution in [0.15, 0.2) is 74.3 Å². The second-order valence-corrected chi connectivity index (χ2v) is 8.30. The minimum atomic E-state index is -4.22. The predicted octanol–water partition coefficient (Wildman–Crippen LogP) is 3.13. The van der Waals surface area contributed by atoms with Crippen LogP contribution in [-0.2, 0) is 14.8 Å². The number of carbonyl (C=O) groups excluding carboxylic acids is 1. The first-order valence-electron chi connectivity index (χ1n) is 8.25. The third kappa shape index (κ3) is 4.28. The largest absolute Gasteiger partial charge is 0.497 e. The van der Waals surface area contributed by atoms with E-state index in [0.29, 0.717) is 11.3 Å². The topological polar surface area (TPSA) is 97.7 Å². The third-order valence-electron chi connectivity index (χ3n) is 3.98. The molecule has 0 bridgehead atoms. The lowest BCUT2D eigenvalue weighted by Gasteiger charge is -2.09. The van der Waals surface area contributed by atoms with Crippen molar-refractivity contribution in [3.05, 3.63) is 75.9 Å². The lowest BCUT2D eigenvalue weighted by atomic mass is 10.1. The quantitative estimate of drug-likeness (QED) is 0.710. The molecule has 0 radical (unpaired) electrons. The summed E-state index contributed by atoms with van der Waals surface area (Å²) in [6, 6.07) is 6.99. The standard InChI is InChI=1S/C19H15BrFN3O4S/c1-3-11-9-15(23-17(11)18-14(21)5-4-8-22-18)19(25)24-29(26,27)16-10-12(28-2)6-7-13(16)20/h3-10H,1-2H3,(H,24,25)/b11-3+. The van der Waals surface area contributed by atoms with E-state index in [9.17, 15) is 17.6 Å². The Balaban J connectivity index is 1.92. The number of sulfonamides is 1. The summed E-state index contributed by atoms with van der Waals surface area (Å²) in [6.07, 6.45) is 4.40. The number of rotatable bonds is 5. The number of halogens is 2. The summed E-state index contributed by atoms with van der Waals surface area (Å²) in [5, 5.41) is 0. The second-order valence-electron chi connectivity index (χ2n) is 5.80. The van der Waals surface area contributed by atoms with Crippen LogP contribution in [0.4, 0.5) is 4.39 Å². The average molecular weight is 480 g/mol. The molecule has 0 saturated heterocycles.